The van der Waals surface area contributed by atoms with Gasteiger partial charge in [-0.1, -0.05) is 31.7 Å². The molecule has 1 unspecified atom stereocenters. The highest BCUT2D eigenvalue weighted by atomic mass is 32.1. The summed E-state index contributed by atoms with van der Waals surface area (Å²) in [7, 11) is 0. The maximum atomic E-state index is 6.51. The molecule has 1 saturated carbocycles. The van der Waals surface area contributed by atoms with Crippen LogP contribution in [0.5, 0.6) is 0 Å². The van der Waals surface area contributed by atoms with Gasteiger partial charge in [-0.25, -0.2) is 0 Å². The SMILES string of the molecule is CCOC1(C(N)Cc2cccs2)CCCCCC1. The lowest BCUT2D eigenvalue weighted by molar-refractivity contribution is -0.0681. The van der Waals surface area contributed by atoms with E-state index in [1.807, 2.05) is 0 Å². The van der Waals surface area contributed by atoms with Gasteiger partial charge in [-0.05, 0) is 37.6 Å². The highest BCUT2D eigenvalue weighted by molar-refractivity contribution is 7.09. The quantitative estimate of drug-likeness (QED) is 0.825. The van der Waals surface area contributed by atoms with Crippen molar-refractivity contribution < 1.29 is 4.74 Å². The van der Waals surface area contributed by atoms with Gasteiger partial charge in [0.05, 0.1) is 5.60 Å². The van der Waals surface area contributed by atoms with Crippen LogP contribution in [0.25, 0.3) is 0 Å². The van der Waals surface area contributed by atoms with Crippen molar-refractivity contribution in [1.82, 2.24) is 0 Å². The highest BCUT2D eigenvalue weighted by Crippen LogP contribution is 2.34. The van der Waals surface area contributed by atoms with Crippen LogP contribution in [0, 0.1) is 0 Å². The molecule has 102 valence electrons. The van der Waals surface area contributed by atoms with Crippen LogP contribution in [0.2, 0.25) is 0 Å². The Hall–Kier alpha value is -0.380. The van der Waals surface area contributed by atoms with E-state index in [0.717, 1.165) is 25.9 Å². The standard InChI is InChI=1S/C15H25NOS/c1-2-17-15(9-5-3-4-6-10-15)14(16)12-13-8-7-11-18-13/h7-8,11,14H,2-6,9-10,12,16H2,1H3. The van der Waals surface area contributed by atoms with E-state index in [2.05, 4.69) is 24.4 Å². The molecule has 18 heavy (non-hydrogen) atoms. The summed E-state index contributed by atoms with van der Waals surface area (Å²) >= 11 is 1.80. The van der Waals surface area contributed by atoms with Gasteiger partial charge in [0.15, 0.2) is 0 Å². The number of hydrogen-bond donors (Lipinski definition) is 1. The van der Waals surface area contributed by atoms with E-state index in [1.165, 1.54) is 30.6 Å². The number of nitrogens with two attached hydrogens (primary N) is 1. The predicted octanol–water partition coefficient (Wildman–Crippen LogP) is 3.75. The van der Waals surface area contributed by atoms with Gasteiger partial charge in [-0.3, -0.25) is 0 Å². The maximum Gasteiger partial charge on any atom is 0.0836 e. The van der Waals surface area contributed by atoms with Gasteiger partial charge in [0, 0.05) is 17.5 Å². The topological polar surface area (TPSA) is 35.2 Å². The van der Waals surface area contributed by atoms with E-state index in [4.69, 9.17) is 10.5 Å². The van der Waals surface area contributed by atoms with E-state index < -0.39 is 0 Å². The van der Waals surface area contributed by atoms with Gasteiger partial charge in [0.1, 0.15) is 0 Å². The summed E-state index contributed by atoms with van der Waals surface area (Å²) < 4.78 is 6.14. The average molecular weight is 267 g/mol. The molecular weight excluding hydrogens is 242 g/mol. The van der Waals surface area contributed by atoms with Crippen molar-refractivity contribution in [3.05, 3.63) is 22.4 Å². The maximum absolute atomic E-state index is 6.51. The molecule has 0 radical (unpaired) electrons. The third-order valence-electron chi connectivity index (χ3n) is 4.06. The first-order chi connectivity index (χ1) is 8.77. The average Bonchev–Trinajstić information content (AvgIpc) is 2.74. The van der Waals surface area contributed by atoms with Gasteiger partial charge in [0.25, 0.3) is 0 Å². The van der Waals surface area contributed by atoms with E-state index in [1.54, 1.807) is 11.3 Å². The summed E-state index contributed by atoms with van der Waals surface area (Å²) in [5.41, 5.74) is 6.44. The van der Waals surface area contributed by atoms with E-state index in [0.29, 0.717) is 0 Å². The summed E-state index contributed by atoms with van der Waals surface area (Å²) in [6.07, 6.45) is 8.41. The summed E-state index contributed by atoms with van der Waals surface area (Å²) in [5.74, 6) is 0. The van der Waals surface area contributed by atoms with Crippen molar-refractivity contribution in [1.29, 1.82) is 0 Å². The van der Waals surface area contributed by atoms with Crippen molar-refractivity contribution in [3.8, 4) is 0 Å². The second-order valence-corrected chi connectivity index (χ2v) is 6.33. The molecule has 2 N–H and O–H groups in total. The molecule has 1 heterocycles. The molecule has 0 saturated heterocycles. The zero-order valence-electron chi connectivity index (χ0n) is 11.4. The summed E-state index contributed by atoms with van der Waals surface area (Å²) in [5, 5.41) is 2.13. The fraction of sp³-hybridized carbons (Fsp3) is 0.733. The minimum absolute atomic E-state index is 0.0742. The monoisotopic (exact) mass is 267 g/mol. The molecule has 0 spiro atoms. The molecule has 0 aromatic carbocycles. The molecule has 0 aliphatic heterocycles. The molecule has 3 heteroatoms. The Bertz CT molecular complexity index is 328. The van der Waals surface area contributed by atoms with Crippen LogP contribution in [0.4, 0.5) is 0 Å². The lowest BCUT2D eigenvalue weighted by Crippen LogP contribution is -2.51. The van der Waals surface area contributed by atoms with Crippen LogP contribution in [-0.2, 0) is 11.2 Å². The van der Waals surface area contributed by atoms with E-state index in [-0.39, 0.29) is 11.6 Å². The van der Waals surface area contributed by atoms with Crippen molar-refractivity contribution in [3.63, 3.8) is 0 Å². The first-order valence-corrected chi connectivity index (χ1v) is 8.07. The highest BCUT2D eigenvalue weighted by Gasteiger charge is 2.37. The van der Waals surface area contributed by atoms with E-state index >= 15 is 0 Å². The molecule has 1 atom stereocenters. The van der Waals surface area contributed by atoms with Crippen molar-refractivity contribution in [2.24, 2.45) is 5.73 Å². The van der Waals surface area contributed by atoms with Crippen LogP contribution in [0.1, 0.15) is 50.3 Å². The van der Waals surface area contributed by atoms with Crippen molar-refractivity contribution in [2.75, 3.05) is 6.61 Å². The number of ether oxygens (including phenoxy) is 1. The third kappa shape index (κ3) is 3.34. The predicted molar refractivity (Wildman–Crippen MR) is 78.1 cm³/mol. The van der Waals surface area contributed by atoms with Crippen molar-refractivity contribution in [2.45, 2.75) is 63.5 Å². The Balaban J connectivity index is 2.06. The lowest BCUT2D eigenvalue weighted by atomic mass is 9.84. The molecule has 1 aliphatic rings. The summed E-state index contributed by atoms with van der Waals surface area (Å²) in [4.78, 5) is 1.38. The third-order valence-corrected chi connectivity index (χ3v) is 4.96. The van der Waals surface area contributed by atoms with Crippen LogP contribution in [0.3, 0.4) is 0 Å². The molecule has 1 aliphatic carbocycles. The molecule has 1 aromatic heterocycles. The Morgan fingerprint density at radius 3 is 2.61 bits per heavy atom. The Morgan fingerprint density at radius 1 is 1.33 bits per heavy atom. The fourth-order valence-corrected chi connectivity index (χ4v) is 3.83. The van der Waals surface area contributed by atoms with E-state index in [9.17, 15) is 0 Å². The Labute approximate surface area is 115 Å². The smallest absolute Gasteiger partial charge is 0.0836 e. The first-order valence-electron chi connectivity index (χ1n) is 7.19. The van der Waals surface area contributed by atoms with Gasteiger partial charge in [-0.15, -0.1) is 11.3 Å². The molecule has 0 amide bonds. The molecule has 1 aromatic rings. The minimum Gasteiger partial charge on any atom is -0.374 e. The fourth-order valence-electron chi connectivity index (χ4n) is 3.07. The second-order valence-electron chi connectivity index (χ2n) is 5.30. The van der Waals surface area contributed by atoms with Gasteiger partial charge in [0.2, 0.25) is 0 Å². The summed E-state index contributed by atoms with van der Waals surface area (Å²) in [6.45, 7) is 2.86. The molecule has 2 rings (SSSR count). The minimum atomic E-state index is -0.0742. The second kappa shape index (κ2) is 6.69. The number of rotatable bonds is 5. The number of hydrogen-bond acceptors (Lipinski definition) is 3. The van der Waals surface area contributed by atoms with Gasteiger partial charge >= 0.3 is 0 Å². The number of thiophene rings is 1. The molecule has 2 nitrogen and oxygen atoms in total. The molecule has 1 fully saturated rings. The first kappa shape index (κ1) is 14.0. The molecular formula is C15H25NOS. The van der Waals surface area contributed by atoms with Crippen LogP contribution < -0.4 is 5.73 Å². The Morgan fingerprint density at radius 2 is 2.06 bits per heavy atom. The summed E-state index contributed by atoms with van der Waals surface area (Å²) in [6, 6.07) is 4.42. The van der Waals surface area contributed by atoms with Crippen LogP contribution >= 0.6 is 11.3 Å². The zero-order valence-corrected chi connectivity index (χ0v) is 12.2. The Kier molecular flexibility index (Phi) is 5.22. The van der Waals surface area contributed by atoms with Crippen LogP contribution in [-0.4, -0.2) is 18.2 Å². The largest absolute Gasteiger partial charge is 0.374 e. The normalized spacial score (nSPS) is 21.4. The lowest BCUT2D eigenvalue weighted by Gasteiger charge is -2.38. The van der Waals surface area contributed by atoms with Gasteiger partial charge in [-0.2, -0.15) is 0 Å². The van der Waals surface area contributed by atoms with Crippen LogP contribution in [0.15, 0.2) is 17.5 Å². The van der Waals surface area contributed by atoms with Crippen molar-refractivity contribution >= 4 is 11.3 Å². The van der Waals surface area contributed by atoms with Gasteiger partial charge < -0.3 is 10.5 Å². The zero-order chi connectivity index (χ0) is 12.8. The molecule has 0 bridgehead atoms.